The van der Waals surface area contributed by atoms with Gasteiger partial charge in [0.2, 0.25) is 0 Å². The first-order chi connectivity index (χ1) is 9.45. The Bertz CT molecular complexity index is 359. The highest BCUT2D eigenvalue weighted by atomic mass is 16.5. The van der Waals surface area contributed by atoms with E-state index in [1.54, 1.807) is 0 Å². The molecule has 2 saturated heterocycles. The maximum Gasteiger partial charge on any atom is 0.320 e. The molecular weight excluding hydrogens is 262 g/mol. The molecule has 0 unspecified atom stereocenters. The molecule has 114 valence electrons. The molecule has 7 nitrogen and oxygen atoms in total. The molecule has 2 heterocycles. The highest BCUT2D eigenvalue weighted by Crippen LogP contribution is 2.14. The number of carboxylic acids is 1. The van der Waals surface area contributed by atoms with Crippen molar-refractivity contribution in [1.82, 2.24) is 14.7 Å². The van der Waals surface area contributed by atoms with Crippen molar-refractivity contribution in [3.8, 4) is 0 Å². The molecule has 20 heavy (non-hydrogen) atoms. The smallest absolute Gasteiger partial charge is 0.320 e. The molecule has 0 radical (unpaired) electrons. The first-order valence-electron chi connectivity index (χ1n) is 7.09. The van der Waals surface area contributed by atoms with Crippen LogP contribution in [-0.4, -0.2) is 89.8 Å². The van der Waals surface area contributed by atoms with Gasteiger partial charge in [-0.2, -0.15) is 0 Å². The molecule has 0 aromatic heterocycles. The second kappa shape index (κ2) is 6.41. The Hall–Kier alpha value is -1.34. The number of nitrogens with zero attached hydrogens (tertiary/aromatic N) is 3. The predicted octanol–water partition coefficient (Wildman–Crippen LogP) is -0.0822. The number of ether oxygens (including phenoxy) is 1. The van der Waals surface area contributed by atoms with Gasteiger partial charge < -0.3 is 19.6 Å². The summed E-state index contributed by atoms with van der Waals surface area (Å²) >= 11 is 0. The van der Waals surface area contributed by atoms with E-state index in [1.807, 2.05) is 28.5 Å². The fourth-order valence-corrected chi connectivity index (χ4v) is 2.82. The van der Waals surface area contributed by atoms with Crippen LogP contribution in [-0.2, 0) is 9.53 Å². The van der Waals surface area contributed by atoms with Crippen LogP contribution in [0, 0.1) is 0 Å². The molecule has 1 N–H and O–H groups in total. The van der Waals surface area contributed by atoms with E-state index >= 15 is 0 Å². The van der Waals surface area contributed by atoms with Gasteiger partial charge in [0.15, 0.2) is 0 Å². The van der Waals surface area contributed by atoms with Crippen LogP contribution in [0.5, 0.6) is 0 Å². The van der Waals surface area contributed by atoms with Crippen molar-refractivity contribution in [2.75, 3.05) is 45.8 Å². The zero-order chi connectivity index (χ0) is 14.7. The van der Waals surface area contributed by atoms with Crippen molar-refractivity contribution < 1.29 is 19.4 Å². The van der Waals surface area contributed by atoms with Crippen molar-refractivity contribution in [3.63, 3.8) is 0 Å². The number of piperazine rings is 1. The van der Waals surface area contributed by atoms with Crippen LogP contribution in [0.15, 0.2) is 0 Å². The standard InChI is InChI=1S/C13H23N3O4/c1-10-7-16(8-11(2)20-10)13(19)15-5-3-14(4-6-15)9-12(17)18/h10-11H,3-9H2,1-2H3,(H,17,18)/t10-,11+. The fraction of sp³-hybridized carbons (Fsp3) is 0.846. The minimum atomic E-state index is -0.819. The van der Waals surface area contributed by atoms with Gasteiger partial charge in [0, 0.05) is 39.3 Å². The summed E-state index contributed by atoms with van der Waals surface area (Å²) in [6, 6.07) is 0.0435. The van der Waals surface area contributed by atoms with Crippen molar-refractivity contribution in [3.05, 3.63) is 0 Å². The van der Waals surface area contributed by atoms with E-state index in [9.17, 15) is 9.59 Å². The molecule has 0 aliphatic carbocycles. The quantitative estimate of drug-likeness (QED) is 0.768. The van der Waals surface area contributed by atoms with Gasteiger partial charge in [-0.1, -0.05) is 0 Å². The fourth-order valence-electron chi connectivity index (χ4n) is 2.82. The Morgan fingerprint density at radius 3 is 2.10 bits per heavy atom. The van der Waals surface area contributed by atoms with Crippen molar-refractivity contribution in [2.24, 2.45) is 0 Å². The molecule has 2 aliphatic heterocycles. The normalized spacial score (nSPS) is 28.5. The topological polar surface area (TPSA) is 73.3 Å². The van der Waals surface area contributed by atoms with Gasteiger partial charge in [-0.25, -0.2) is 4.79 Å². The van der Waals surface area contributed by atoms with Crippen molar-refractivity contribution in [2.45, 2.75) is 26.1 Å². The monoisotopic (exact) mass is 285 g/mol. The molecule has 0 saturated carbocycles. The second-order valence-corrected chi connectivity index (χ2v) is 5.60. The molecule has 0 spiro atoms. The van der Waals surface area contributed by atoms with Crippen LogP contribution >= 0.6 is 0 Å². The minimum Gasteiger partial charge on any atom is -0.480 e. The summed E-state index contributed by atoms with van der Waals surface area (Å²) < 4.78 is 5.63. The van der Waals surface area contributed by atoms with Crippen LogP contribution in [0.1, 0.15) is 13.8 Å². The van der Waals surface area contributed by atoms with Crippen molar-refractivity contribution in [1.29, 1.82) is 0 Å². The van der Waals surface area contributed by atoms with Gasteiger partial charge in [-0.3, -0.25) is 9.69 Å². The molecule has 2 aliphatic rings. The van der Waals surface area contributed by atoms with Gasteiger partial charge in [0.1, 0.15) is 0 Å². The SMILES string of the molecule is C[C@@H]1CN(C(=O)N2CCN(CC(=O)O)CC2)C[C@H](C)O1. The third-order valence-electron chi connectivity index (χ3n) is 3.69. The van der Waals surface area contributed by atoms with Gasteiger partial charge in [-0.15, -0.1) is 0 Å². The van der Waals surface area contributed by atoms with E-state index in [4.69, 9.17) is 9.84 Å². The number of hydrogen-bond acceptors (Lipinski definition) is 4. The third kappa shape index (κ3) is 3.83. The largest absolute Gasteiger partial charge is 0.480 e. The Balaban J connectivity index is 1.83. The summed E-state index contributed by atoms with van der Waals surface area (Å²) in [4.78, 5) is 28.6. The average molecular weight is 285 g/mol. The highest BCUT2D eigenvalue weighted by Gasteiger charge is 2.30. The second-order valence-electron chi connectivity index (χ2n) is 5.60. The number of urea groups is 1. The van der Waals surface area contributed by atoms with Crippen LogP contribution in [0.4, 0.5) is 4.79 Å². The number of carboxylic acid groups (broad SMARTS) is 1. The zero-order valence-corrected chi connectivity index (χ0v) is 12.1. The molecule has 0 bridgehead atoms. The number of aliphatic carboxylic acids is 1. The molecule has 0 aromatic carbocycles. The summed E-state index contributed by atoms with van der Waals surface area (Å²) in [7, 11) is 0. The Morgan fingerprint density at radius 1 is 1.05 bits per heavy atom. The number of rotatable bonds is 2. The predicted molar refractivity (Wildman–Crippen MR) is 72.6 cm³/mol. The molecular formula is C13H23N3O4. The number of morpholine rings is 1. The van der Waals surface area contributed by atoms with E-state index in [0.29, 0.717) is 39.3 Å². The summed E-state index contributed by atoms with van der Waals surface area (Å²) in [6.45, 7) is 7.66. The lowest BCUT2D eigenvalue weighted by Crippen LogP contribution is -2.57. The van der Waals surface area contributed by atoms with E-state index in [0.717, 1.165) is 0 Å². The van der Waals surface area contributed by atoms with Gasteiger partial charge in [0.25, 0.3) is 0 Å². The van der Waals surface area contributed by atoms with Crippen molar-refractivity contribution >= 4 is 12.0 Å². The lowest BCUT2D eigenvalue weighted by Gasteiger charge is -2.40. The number of carbonyl (C=O) groups excluding carboxylic acids is 1. The Kier molecular flexibility index (Phi) is 4.82. The molecule has 2 rings (SSSR count). The lowest BCUT2D eigenvalue weighted by atomic mass is 10.2. The zero-order valence-electron chi connectivity index (χ0n) is 12.1. The molecule has 2 atom stereocenters. The number of amides is 2. The van der Waals surface area contributed by atoms with Crippen LogP contribution in [0.3, 0.4) is 0 Å². The van der Waals surface area contributed by atoms with Gasteiger partial charge in [0.05, 0.1) is 18.8 Å². The average Bonchev–Trinajstić information content (AvgIpc) is 2.37. The first kappa shape index (κ1) is 15.1. The molecule has 2 fully saturated rings. The van der Waals surface area contributed by atoms with E-state index < -0.39 is 5.97 Å². The Labute approximate surface area is 119 Å². The van der Waals surface area contributed by atoms with E-state index in [2.05, 4.69) is 0 Å². The van der Waals surface area contributed by atoms with Gasteiger partial charge >= 0.3 is 12.0 Å². The molecule has 2 amide bonds. The van der Waals surface area contributed by atoms with Crippen LogP contribution in [0.25, 0.3) is 0 Å². The summed E-state index contributed by atoms with van der Waals surface area (Å²) in [6.07, 6.45) is 0.131. The van der Waals surface area contributed by atoms with E-state index in [1.165, 1.54) is 0 Å². The third-order valence-corrected chi connectivity index (χ3v) is 3.69. The molecule has 0 aromatic rings. The number of hydrogen-bond donors (Lipinski definition) is 1. The summed E-state index contributed by atoms with van der Waals surface area (Å²) in [5.74, 6) is -0.819. The number of carbonyl (C=O) groups is 2. The molecule has 7 heteroatoms. The lowest BCUT2D eigenvalue weighted by molar-refractivity contribution is -0.138. The minimum absolute atomic E-state index is 0.0435. The summed E-state index contributed by atoms with van der Waals surface area (Å²) in [5, 5.41) is 8.76. The highest BCUT2D eigenvalue weighted by molar-refractivity contribution is 5.75. The van der Waals surface area contributed by atoms with Crippen LogP contribution < -0.4 is 0 Å². The van der Waals surface area contributed by atoms with Crippen LogP contribution in [0.2, 0.25) is 0 Å². The maximum atomic E-state index is 12.4. The van der Waals surface area contributed by atoms with Gasteiger partial charge in [-0.05, 0) is 13.8 Å². The first-order valence-corrected chi connectivity index (χ1v) is 7.09. The maximum absolute atomic E-state index is 12.4. The Morgan fingerprint density at radius 2 is 1.60 bits per heavy atom. The summed E-state index contributed by atoms with van der Waals surface area (Å²) in [5.41, 5.74) is 0. The van der Waals surface area contributed by atoms with E-state index in [-0.39, 0.29) is 24.8 Å².